The second-order valence-electron chi connectivity index (χ2n) is 3.97. The Kier molecular flexibility index (Phi) is 5.67. The van der Waals surface area contributed by atoms with Gasteiger partial charge >= 0.3 is 0 Å². The number of hydrogen-bond donors (Lipinski definition) is 2. The van der Waals surface area contributed by atoms with Crippen LogP contribution in [0.3, 0.4) is 0 Å². The lowest BCUT2D eigenvalue weighted by Crippen LogP contribution is -2.33. The monoisotopic (exact) mass is 386 g/mol. The summed E-state index contributed by atoms with van der Waals surface area (Å²) in [6, 6.07) is 1.45. The van der Waals surface area contributed by atoms with Gasteiger partial charge in [0.25, 0.3) is 0 Å². The number of nitrogens with two attached hydrogens (primary N) is 1. The van der Waals surface area contributed by atoms with Crippen LogP contribution in [0.1, 0.15) is 5.76 Å². The van der Waals surface area contributed by atoms with E-state index >= 15 is 0 Å². The molecule has 0 spiro atoms. The van der Waals surface area contributed by atoms with Crippen molar-refractivity contribution >= 4 is 49.5 Å². The molecular weight excluding hydrogens is 372 g/mol. The first kappa shape index (κ1) is 15.7. The van der Waals surface area contributed by atoms with E-state index < -0.39 is 10.0 Å². The molecule has 5 nitrogen and oxygen atoms in total. The zero-order chi connectivity index (χ0) is 13.9. The summed E-state index contributed by atoms with van der Waals surface area (Å²) in [7, 11) is -3.55. The maximum Gasteiger partial charge on any atom is 0.245 e. The molecule has 2 rings (SSSR count). The fraction of sp³-hybridized carbons (Fsp3) is 0.600. The molecule has 1 saturated heterocycles. The van der Waals surface area contributed by atoms with Gasteiger partial charge in [-0.2, -0.15) is 23.5 Å². The fourth-order valence-corrected chi connectivity index (χ4v) is 6.41. The molecule has 1 fully saturated rings. The van der Waals surface area contributed by atoms with Gasteiger partial charge in [-0.1, -0.05) is 0 Å². The summed E-state index contributed by atoms with van der Waals surface area (Å²) in [4.78, 5) is 0.112. The molecule has 1 unspecified atom stereocenters. The first-order chi connectivity index (χ1) is 9.03. The Morgan fingerprint density at radius 2 is 2.32 bits per heavy atom. The van der Waals surface area contributed by atoms with Gasteiger partial charge in [-0.25, -0.2) is 13.1 Å². The lowest BCUT2D eigenvalue weighted by Gasteiger charge is -2.20. The predicted octanol–water partition coefficient (Wildman–Crippen LogP) is 1.63. The zero-order valence-corrected chi connectivity index (χ0v) is 14.1. The molecule has 19 heavy (non-hydrogen) atoms. The van der Waals surface area contributed by atoms with E-state index in [9.17, 15) is 8.42 Å². The molecule has 9 heteroatoms. The second-order valence-corrected chi connectivity index (χ2v) is 8.99. The molecule has 0 aromatic carbocycles. The SMILES string of the molecule is NCc1cc(S(=O)(=O)NCC2CSCCS2)c(Br)o1. The summed E-state index contributed by atoms with van der Waals surface area (Å²) < 4.78 is 32.4. The van der Waals surface area contributed by atoms with Gasteiger partial charge in [0, 0.05) is 35.1 Å². The van der Waals surface area contributed by atoms with E-state index in [0.717, 1.165) is 17.3 Å². The van der Waals surface area contributed by atoms with Crippen LogP contribution < -0.4 is 10.5 Å². The van der Waals surface area contributed by atoms with Crippen molar-refractivity contribution in [3.8, 4) is 0 Å². The summed E-state index contributed by atoms with van der Waals surface area (Å²) in [6.45, 7) is 0.610. The third kappa shape index (κ3) is 4.15. The van der Waals surface area contributed by atoms with Crippen molar-refractivity contribution in [3.63, 3.8) is 0 Å². The van der Waals surface area contributed by atoms with Crippen LogP contribution in [-0.2, 0) is 16.6 Å². The number of thioether (sulfide) groups is 2. The number of furan rings is 1. The fourth-order valence-electron chi connectivity index (χ4n) is 1.62. The molecule has 0 aliphatic carbocycles. The molecule has 1 aliphatic rings. The summed E-state index contributed by atoms with van der Waals surface area (Å²) in [6.07, 6.45) is 0. The highest BCUT2D eigenvalue weighted by Gasteiger charge is 2.24. The van der Waals surface area contributed by atoms with Gasteiger partial charge in [0.15, 0.2) is 4.67 Å². The minimum Gasteiger partial charge on any atom is -0.452 e. The standard InChI is InChI=1S/C10H15BrN2O3S3/c11-10-9(3-7(4-12)16-10)19(14,15)13-5-8-6-17-1-2-18-8/h3,8,13H,1-2,4-6,12H2. The van der Waals surface area contributed by atoms with Crippen LogP contribution in [0.4, 0.5) is 0 Å². The molecule has 1 aromatic rings. The summed E-state index contributed by atoms with van der Waals surface area (Å²) in [5, 5.41) is 0.327. The third-order valence-electron chi connectivity index (χ3n) is 2.58. The molecular formula is C10H15BrN2O3S3. The Morgan fingerprint density at radius 3 is 2.89 bits per heavy atom. The van der Waals surface area contributed by atoms with E-state index in [-0.39, 0.29) is 16.1 Å². The number of sulfonamides is 1. The van der Waals surface area contributed by atoms with Gasteiger partial charge < -0.3 is 10.2 Å². The van der Waals surface area contributed by atoms with Crippen molar-refractivity contribution in [2.75, 3.05) is 23.8 Å². The van der Waals surface area contributed by atoms with Gasteiger partial charge in [0.1, 0.15) is 10.7 Å². The first-order valence-electron chi connectivity index (χ1n) is 5.70. The van der Waals surface area contributed by atoms with Gasteiger partial charge in [-0.15, -0.1) is 0 Å². The van der Waals surface area contributed by atoms with Gasteiger partial charge in [-0.05, 0) is 15.9 Å². The normalized spacial score (nSPS) is 20.6. The highest BCUT2D eigenvalue weighted by molar-refractivity contribution is 9.10. The Morgan fingerprint density at radius 1 is 1.53 bits per heavy atom. The number of hydrogen-bond acceptors (Lipinski definition) is 6. The molecule has 0 bridgehead atoms. The number of halogens is 1. The molecule has 0 amide bonds. The largest absolute Gasteiger partial charge is 0.452 e. The van der Waals surface area contributed by atoms with E-state index in [2.05, 4.69) is 20.7 Å². The Labute approximate surface area is 129 Å². The van der Waals surface area contributed by atoms with Gasteiger partial charge in [-0.3, -0.25) is 0 Å². The lowest BCUT2D eigenvalue weighted by molar-refractivity contribution is 0.483. The van der Waals surface area contributed by atoms with Crippen LogP contribution in [0.15, 0.2) is 20.0 Å². The van der Waals surface area contributed by atoms with Crippen molar-refractivity contribution < 1.29 is 12.8 Å². The molecule has 0 saturated carbocycles. The molecule has 2 heterocycles. The summed E-state index contributed by atoms with van der Waals surface area (Å²) in [5.41, 5.74) is 5.43. The highest BCUT2D eigenvalue weighted by atomic mass is 79.9. The average molecular weight is 387 g/mol. The zero-order valence-electron chi connectivity index (χ0n) is 10.1. The van der Waals surface area contributed by atoms with Crippen LogP contribution in [0.5, 0.6) is 0 Å². The first-order valence-corrected chi connectivity index (χ1v) is 10.2. The molecule has 1 aliphatic heterocycles. The lowest BCUT2D eigenvalue weighted by atomic mass is 10.5. The predicted molar refractivity (Wildman–Crippen MR) is 83.1 cm³/mol. The summed E-state index contributed by atoms with van der Waals surface area (Å²) >= 11 is 6.78. The van der Waals surface area contributed by atoms with Crippen LogP contribution >= 0.6 is 39.5 Å². The van der Waals surface area contributed by atoms with Gasteiger partial charge in [0.05, 0.1) is 6.54 Å². The number of nitrogens with one attached hydrogen (secondary N) is 1. The average Bonchev–Trinajstić information content (AvgIpc) is 2.80. The van der Waals surface area contributed by atoms with Gasteiger partial charge in [0.2, 0.25) is 10.0 Å². The van der Waals surface area contributed by atoms with Crippen LogP contribution in [0, 0.1) is 0 Å². The second kappa shape index (κ2) is 6.86. The van der Waals surface area contributed by atoms with Crippen molar-refractivity contribution in [2.45, 2.75) is 16.7 Å². The van der Waals surface area contributed by atoms with Crippen molar-refractivity contribution in [1.82, 2.24) is 4.72 Å². The van der Waals surface area contributed by atoms with E-state index in [4.69, 9.17) is 10.2 Å². The minimum absolute atomic E-state index is 0.112. The molecule has 108 valence electrons. The van der Waals surface area contributed by atoms with E-state index in [0.29, 0.717) is 17.6 Å². The van der Waals surface area contributed by atoms with Crippen molar-refractivity contribution in [2.24, 2.45) is 5.73 Å². The number of rotatable bonds is 5. The van der Waals surface area contributed by atoms with Crippen molar-refractivity contribution in [1.29, 1.82) is 0 Å². The Bertz CT molecular complexity index is 526. The third-order valence-corrected chi connectivity index (χ3v) is 7.71. The maximum absolute atomic E-state index is 12.2. The smallest absolute Gasteiger partial charge is 0.245 e. The summed E-state index contributed by atoms with van der Waals surface area (Å²) in [5.74, 6) is 3.63. The quantitative estimate of drug-likeness (QED) is 0.799. The molecule has 0 radical (unpaired) electrons. The minimum atomic E-state index is -3.55. The molecule has 1 aromatic heterocycles. The maximum atomic E-state index is 12.2. The van der Waals surface area contributed by atoms with Crippen LogP contribution in [0.25, 0.3) is 0 Å². The van der Waals surface area contributed by atoms with E-state index in [1.807, 2.05) is 23.5 Å². The highest BCUT2D eigenvalue weighted by Crippen LogP contribution is 2.27. The Balaban J connectivity index is 2.02. The van der Waals surface area contributed by atoms with Crippen LogP contribution in [0.2, 0.25) is 0 Å². The Hall–Kier alpha value is 0.330. The molecule has 1 atom stereocenters. The van der Waals surface area contributed by atoms with Crippen molar-refractivity contribution in [3.05, 3.63) is 16.5 Å². The van der Waals surface area contributed by atoms with E-state index in [1.54, 1.807) is 0 Å². The van der Waals surface area contributed by atoms with E-state index in [1.165, 1.54) is 6.07 Å². The van der Waals surface area contributed by atoms with Crippen LogP contribution in [-0.4, -0.2) is 37.5 Å². The molecule has 3 N–H and O–H groups in total. The topological polar surface area (TPSA) is 85.3 Å².